The Balaban J connectivity index is 1.37. The van der Waals surface area contributed by atoms with Gasteiger partial charge in [0.05, 0.1) is 12.1 Å². The number of alkyl halides is 1. The fraction of sp³-hybridized carbons (Fsp3) is 0.233. The lowest BCUT2D eigenvalue weighted by molar-refractivity contribution is 0.0454. The van der Waals surface area contributed by atoms with Crippen LogP contribution in [0.3, 0.4) is 0 Å². The number of hydrogen-bond acceptors (Lipinski definition) is 3. The number of carbonyl (C=O) groups is 2. The molecule has 35 heavy (non-hydrogen) atoms. The predicted octanol–water partition coefficient (Wildman–Crippen LogP) is 6.51. The number of carbonyl (C=O) groups excluding carboxylic acids is 2. The molecule has 0 radical (unpaired) electrons. The van der Waals surface area contributed by atoms with Crippen molar-refractivity contribution in [1.82, 2.24) is 9.88 Å². The number of ketones is 1. The Morgan fingerprint density at radius 2 is 1.60 bits per heavy atom. The van der Waals surface area contributed by atoms with Crippen LogP contribution in [-0.4, -0.2) is 40.3 Å². The Bertz CT molecular complexity index is 1350. The van der Waals surface area contributed by atoms with E-state index in [-0.39, 0.29) is 30.7 Å². The van der Waals surface area contributed by atoms with Crippen LogP contribution in [0.4, 0.5) is 4.39 Å². The number of likely N-dealkylation sites (tertiary alicyclic amines) is 1. The lowest BCUT2D eigenvalue weighted by Crippen LogP contribution is -2.48. The second-order valence-electron chi connectivity index (χ2n) is 9.04. The van der Waals surface area contributed by atoms with Crippen LogP contribution >= 0.6 is 0 Å². The molecule has 0 N–H and O–H groups in total. The minimum atomic E-state index is -1.06. The molecule has 0 bridgehead atoms. The van der Waals surface area contributed by atoms with Crippen LogP contribution in [0.1, 0.15) is 46.4 Å². The monoisotopic (exact) mass is 466 g/mol. The highest BCUT2D eigenvalue weighted by Gasteiger charge is 2.33. The summed E-state index contributed by atoms with van der Waals surface area (Å²) in [6.45, 7) is 0.0522. The van der Waals surface area contributed by atoms with Gasteiger partial charge in [-0.05, 0) is 48.6 Å². The summed E-state index contributed by atoms with van der Waals surface area (Å²) in [5, 5.41) is 0.922. The summed E-state index contributed by atoms with van der Waals surface area (Å²) >= 11 is 0. The van der Waals surface area contributed by atoms with E-state index in [2.05, 4.69) is 4.98 Å². The lowest BCUT2D eigenvalue weighted by Gasteiger charge is -2.37. The van der Waals surface area contributed by atoms with E-state index in [1.165, 1.54) is 0 Å². The van der Waals surface area contributed by atoms with Gasteiger partial charge < -0.3 is 4.90 Å². The van der Waals surface area contributed by atoms with Crippen molar-refractivity contribution in [2.75, 3.05) is 6.54 Å². The number of benzene rings is 3. The third kappa shape index (κ3) is 4.85. The highest BCUT2D eigenvalue weighted by Crippen LogP contribution is 2.30. The van der Waals surface area contributed by atoms with Gasteiger partial charge in [-0.15, -0.1) is 0 Å². The van der Waals surface area contributed by atoms with E-state index >= 15 is 0 Å². The van der Waals surface area contributed by atoms with Crippen molar-refractivity contribution in [2.45, 2.75) is 37.9 Å². The Morgan fingerprint density at radius 3 is 2.46 bits per heavy atom. The van der Waals surface area contributed by atoms with Crippen molar-refractivity contribution in [3.63, 3.8) is 0 Å². The van der Waals surface area contributed by atoms with Gasteiger partial charge in [-0.3, -0.25) is 14.6 Å². The number of Topliss-reactive ketones (excluding diaryl/α,β-unsaturated/α-hetero) is 1. The minimum Gasteiger partial charge on any atom is -0.333 e. The maximum absolute atomic E-state index is 14.5. The topological polar surface area (TPSA) is 50.3 Å². The van der Waals surface area contributed by atoms with Crippen molar-refractivity contribution in [2.24, 2.45) is 0 Å². The Morgan fingerprint density at radius 1 is 0.857 bits per heavy atom. The number of para-hydroxylation sites is 1. The van der Waals surface area contributed by atoms with Gasteiger partial charge in [0.15, 0.2) is 5.78 Å². The molecule has 1 aromatic heterocycles. The Labute approximate surface area is 204 Å². The van der Waals surface area contributed by atoms with Crippen molar-refractivity contribution in [3.05, 3.63) is 102 Å². The average Bonchev–Trinajstić information content (AvgIpc) is 2.92. The van der Waals surface area contributed by atoms with E-state index in [9.17, 15) is 14.0 Å². The van der Waals surface area contributed by atoms with E-state index in [0.717, 1.165) is 16.5 Å². The van der Waals surface area contributed by atoms with Gasteiger partial charge >= 0.3 is 0 Å². The molecule has 4 aromatic rings. The number of nitrogens with zero attached hydrogens (tertiary/aromatic N) is 2. The van der Waals surface area contributed by atoms with Crippen molar-refractivity contribution in [3.8, 4) is 11.1 Å². The number of fused-ring (bicyclic) bond motifs is 1. The predicted molar refractivity (Wildman–Crippen MR) is 136 cm³/mol. The van der Waals surface area contributed by atoms with Gasteiger partial charge in [0.1, 0.15) is 6.17 Å². The Hall–Kier alpha value is -3.86. The first-order valence-corrected chi connectivity index (χ1v) is 12.1. The van der Waals surface area contributed by atoms with Crippen LogP contribution in [-0.2, 0) is 0 Å². The molecule has 1 aliphatic rings. The minimum absolute atomic E-state index is 0.00578. The van der Waals surface area contributed by atoms with Gasteiger partial charge in [0.25, 0.3) is 5.91 Å². The first kappa shape index (κ1) is 22.9. The van der Waals surface area contributed by atoms with E-state index in [1.54, 1.807) is 23.2 Å². The number of rotatable bonds is 6. The number of amides is 1. The molecule has 1 amide bonds. The second kappa shape index (κ2) is 10.2. The third-order valence-electron chi connectivity index (χ3n) is 6.79. The summed E-state index contributed by atoms with van der Waals surface area (Å²) in [5.41, 5.74) is 3.62. The maximum Gasteiger partial charge on any atom is 0.254 e. The van der Waals surface area contributed by atoms with Gasteiger partial charge in [0, 0.05) is 35.2 Å². The number of aromatic nitrogens is 1. The van der Waals surface area contributed by atoms with Crippen LogP contribution in [0.5, 0.6) is 0 Å². The molecule has 0 saturated carbocycles. The first-order valence-electron chi connectivity index (χ1n) is 12.1. The van der Waals surface area contributed by atoms with Crippen molar-refractivity contribution < 1.29 is 14.0 Å². The van der Waals surface area contributed by atoms with Crippen LogP contribution in [0.2, 0.25) is 0 Å². The summed E-state index contributed by atoms with van der Waals surface area (Å²) in [4.78, 5) is 32.9. The van der Waals surface area contributed by atoms with E-state index in [0.29, 0.717) is 35.9 Å². The third-order valence-corrected chi connectivity index (χ3v) is 6.79. The van der Waals surface area contributed by atoms with Crippen molar-refractivity contribution >= 4 is 22.6 Å². The van der Waals surface area contributed by atoms with E-state index in [1.807, 2.05) is 72.8 Å². The normalized spacial score (nSPS) is 17.9. The van der Waals surface area contributed by atoms with E-state index in [4.69, 9.17) is 0 Å². The van der Waals surface area contributed by atoms with E-state index < -0.39 is 6.17 Å². The molecule has 0 aliphatic carbocycles. The molecule has 1 unspecified atom stereocenters. The zero-order valence-corrected chi connectivity index (χ0v) is 19.4. The number of piperidine rings is 1. The highest BCUT2D eigenvalue weighted by molar-refractivity contribution is 6.06. The molecule has 176 valence electrons. The van der Waals surface area contributed by atoms with Crippen molar-refractivity contribution in [1.29, 1.82) is 0 Å². The number of halogens is 1. The quantitative estimate of drug-likeness (QED) is 0.305. The van der Waals surface area contributed by atoms with Crippen LogP contribution in [0.15, 0.2) is 91.1 Å². The molecule has 1 aliphatic heterocycles. The summed E-state index contributed by atoms with van der Waals surface area (Å²) in [6.07, 6.45) is 2.35. The average molecular weight is 467 g/mol. The van der Waals surface area contributed by atoms with Gasteiger partial charge in [-0.1, -0.05) is 66.7 Å². The van der Waals surface area contributed by atoms with Gasteiger partial charge in [-0.25, -0.2) is 4.39 Å². The summed E-state index contributed by atoms with van der Waals surface area (Å²) in [5.74, 6) is -0.190. The maximum atomic E-state index is 14.5. The molecule has 4 nitrogen and oxygen atoms in total. The summed E-state index contributed by atoms with van der Waals surface area (Å²) < 4.78 is 14.5. The smallest absolute Gasteiger partial charge is 0.254 e. The fourth-order valence-corrected chi connectivity index (χ4v) is 4.99. The standard InChI is InChI=1S/C30H27FN2O2/c31-23-15-16-24(17-18-28(34)27-14-6-10-22-11-7-19-32-29(22)27)33(20-23)30(35)26-13-5-4-12-25(26)21-8-2-1-3-9-21/h1-14,19,23-24H,15-18,20H2/t23-,24?/m1/s1. The molecule has 2 atom stereocenters. The fourth-order valence-electron chi connectivity index (χ4n) is 4.99. The highest BCUT2D eigenvalue weighted by atomic mass is 19.1. The van der Waals surface area contributed by atoms with Gasteiger partial charge in [-0.2, -0.15) is 0 Å². The molecule has 1 saturated heterocycles. The second-order valence-corrected chi connectivity index (χ2v) is 9.04. The summed E-state index contributed by atoms with van der Waals surface area (Å²) in [7, 11) is 0. The van der Waals surface area contributed by atoms with Crippen LogP contribution in [0, 0.1) is 0 Å². The zero-order chi connectivity index (χ0) is 24.2. The number of hydrogen-bond donors (Lipinski definition) is 0. The molecule has 2 heterocycles. The number of pyridine rings is 1. The lowest BCUT2D eigenvalue weighted by atomic mass is 9.92. The molecular formula is C30H27FN2O2. The molecule has 1 fully saturated rings. The SMILES string of the molecule is O=C(CCC1CC[C@@H](F)CN1C(=O)c1ccccc1-c1ccccc1)c1cccc2cccnc12. The Kier molecular flexibility index (Phi) is 6.66. The van der Waals surface area contributed by atoms with Crippen LogP contribution in [0.25, 0.3) is 22.0 Å². The summed E-state index contributed by atoms with van der Waals surface area (Å²) in [6, 6.07) is 26.4. The molecule has 0 spiro atoms. The van der Waals surface area contributed by atoms with Crippen LogP contribution < -0.4 is 0 Å². The molecule has 5 heteroatoms. The first-order chi connectivity index (χ1) is 17.1. The molecule has 5 rings (SSSR count). The molecular weight excluding hydrogens is 439 g/mol. The van der Waals surface area contributed by atoms with Gasteiger partial charge in [0.2, 0.25) is 0 Å². The largest absolute Gasteiger partial charge is 0.333 e. The molecule has 3 aromatic carbocycles. The zero-order valence-electron chi connectivity index (χ0n) is 19.4.